The van der Waals surface area contributed by atoms with Crippen LogP contribution in [0.4, 0.5) is 9.80 Å². The number of nitrogens with zero attached hydrogens (tertiary/aromatic N) is 2. The maximum atomic E-state index is 13.1. The van der Waals surface area contributed by atoms with E-state index in [1.165, 1.54) is 47.0 Å². The van der Waals surface area contributed by atoms with Crippen molar-refractivity contribution in [1.82, 2.24) is 19.8 Å². The Hall–Kier alpha value is -2.84. The predicted octanol–water partition coefficient (Wildman–Crippen LogP) is 1.86. The SMILES string of the molecule is CCCN1CCc2c(sc(NC(=O)c3ccc(S(=O)(=O)N4CCOCC4)cc3)c2C(=O)NC(=O)NC)C1. The molecule has 4 rings (SSSR count). The minimum absolute atomic E-state index is 0.0965. The standard InChI is InChI=1S/C24H31N5O6S2/c1-3-9-28-10-8-18-19(15-28)36-23(20(18)22(31)27-24(32)25-2)26-21(30)16-4-6-17(7-5-16)37(33,34)29-11-13-35-14-12-29/h4-7H,3,8-15H2,1-2H3,(H,26,30)(H2,25,27,31,32). The van der Waals surface area contributed by atoms with Crippen molar-refractivity contribution in [3.05, 3.63) is 45.8 Å². The summed E-state index contributed by atoms with van der Waals surface area (Å²) >= 11 is 1.32. The van der Waals surface area contributed by atoms with Crippen LogP contribution in [0.5, 0.6) is 0 Å². The molecule has 0 radical (unpaired) electrons. The minimum Gasteiger partial charge on any atom is -0.379 e. The van der Waals surface area contributed by atoms with E-state index < -0.39 is 27.9 Å². The molecule has 2 aliphatic heterocycles. The van der Waals surface area contributed by atoms with Crippen molar-refractivity contribution in [2.24, 2.45) is 0 Å². The highest BCUT2D eigenvalue weighted by Gasteiger charge is 2.30. The van der Waals surface area contributed by atoms with Gasteiger partial charge in [-0.2, -0.15) is 4.31 Å². The zero-order valence-corrected chi connectivity index (χ0v) is 22.5. The van der Waals surface area contributed by atoms with Gasteiger partial charge in [0.2, 0.25) is 10.0 Å². The van der Waals surface area contributed by atoms with Gasteiger partial charge in [-0.25, -0.2) is 13.2 Å². The maximum Gasteiger partial charge on any atom is 0.321 e. The lowest BCUT2D eigenvalue weighted by molar-refractivity contribution is 0.0730. The molecule has 0 spiro atoms. The molecule has 1 aromatic carbocycles. The van der Waals surface area contributed by atoms with E-state index in [-0.39, 0.29) is 23.5 Å². The molecule has 37 heavy (non-hydrogen) atoms. The summed E-state index contributed by atoms with van der Waals surface area (Å²) in [6, 6.07) is 5.07. The van der Waals surface area contributed by atoms with Gasteiger partial charge in [0.25, 0.3) is 11.8 Å². The maximum absolute atomic E-state index is 13.1. The largest absolute Gasteiger partial charge is 0.379 e. The number of fused-ring (bicyclic) bond motifs is 1. The van der Waals surface area contributed by atoms with E-state index in [9.17, 15) is 22.8 Å². The fourth-order valence-corrected chi connectivity index (χ4v) is 7.10. The Morgan fingerprint density at radius 1 is 1.05 bits per heavy atom. The smallest absolute Gasteiger partial charge is 0.321 e. The van der Waals surface area contributed by atoms with Gasteiger partial charge in [-0.3, -0.25) is 19.8 Å². The number of ether oxygens (including phenoxy) is 1. The van der Waals surface area contributed by atoms with Crippen LogP contribution in [0.25, 0.3) is 0 Å². The lowest BCUT2D eigenvalue weighted by atomic mass is 10.0. The van der Waals surface area contributed by atoms with E-state index >= 15 is 0 Å². The van der Waals surface area contributed by atoms with Crippen molar-refractivity contribution < 1.29 is 27.5 Å². The number of hydrogen-bond donors (Lipinski definition) is 3. The van der Waals surface area contributed by atoms with Crippen LogP contribution in [-0.2, 0) is 27.7 Å². The molecule has 3 heterocycles. The number of nitrogens with one attached hydrogen (secondary N) is 3. The van der Waals surface area contributed by atoms with Crippen LogP contribution in [0, 0.1) is 0 Å². The van der Waals surface area contributed by atoms with Crippen LogP contribution < -0.4 is 16.0 Å². The summed E-state index contributed by atoms with van der Waals surface area (Å²) in [6.07, 6.45) is 1.64. The van der Waals surface area contributed by atoms with E-state index in [4.69, 9.17) is 4.74 Å². The monoisotopic (exact) mass is 549 g/mol. The highest BCUT2D eigenvalue weighted by atomic mass is 32.2. The minimum atomic E-state index is -3.68. The number of morpholine rings is 1. The number of amides is 4. The van der Waals surface area contributed by atoms with Crippen molar-refractivity contribution in [3.63, 3.8) is 0 Å². The lowest BCUT2D eigenvalue weighted by Crippen LogP contribution is -2.40. The summed E-state index contributed by atoms with van der Waals surface area (Å²) in [6.45, 7) is 5.73. The fraction of sp³-hybridized carbons (Fsp3) is 0.458. The van der Waals surface area contributed by atoms with Gasteiger partial charge < -0.3 is 15.4 Å². The molecule has 1 aromatic heterocycles. The lowest BCUT2D eigenvalue weighted by Gasteiger charge is -2.26. The molecule has 3 N–H and O–H groups in total. The summed E-state index contributed by atoms with van der Waals surface area (Å²) in [5, 5.41) is 7.84. The number of carbonyl (C=O) groups is 3. The second-order valence-corrected chi connectivity index (χ2v) is 11.8. The molecule has 13 heteroatoms. The number of urea groups is 1. The molecule has 2 aromatic rings. The third-order valence-electron chi connectivity index (χ3n) is 6.31. The number of imide groups is 1. The number of thiophene rings is 1. The molecular weight excluding hydrogens is 518 g/mol. The number of anilines is 1. The van der Waals surface area contributed by atoms with Crippen molar-refractivity contribution >= 4 is 44.2 Å². The molecule has 0 atom stereocenters. The molecule has 1 fully saturated rings. The Bertz CT molecular complexity index is 1270. The number of sulfonamides is 1. The van der Waals surface area contributed by atoms with E-state index in [0.717, 1.165) is 30.0 Å². The number of carbonyl (C=O) groups excluding carboxylic acids is 3. The van der Waals surface area contributed by atoms with Gasteiger partial charge >= 0.3 is 6.03 Å². The summed E-state index contributed by atoms with van der Waals surface area (Å²) in [4.78, 5) is 41.3. The predicted molar refractivity (Wildman–Crippen MR) is 139 cm³/mol. The van der Waals surface area contributed by atoms with Gasteiger partial charge in [-0.1, -0.05) is 6.92 Å². The first-order valence-electron chi connectivity index (χ1n) is 12.1. The number of hydrogen-bond acceptors (Lipinski definition) is 8. The van der Waals surface area contributed by atoms with E-state index in [1.807, 2.05) is 0 Å². The van der Waals surface area contributed by atoms with Crippen molar-refractivity contribution in [3.8, 4) is 0 Å². The van der Waals surface area contributed by atoms with Crippen molar-refractivity contribution in [1.29, 1.82) is 0 Å². The van der Waals surface area contributed by atoms with E-state index in [1.54, 1.807) is 0 Å². The zero-order chi connectivity index (χ0) is 26.6. The summed E-state index contributed by atoms with van der Waals surface area (Å²) < 4.78 is 32.3. The Morgan fingerprint density at radius 3 is 2.41 bits per heavy atom. The highest BCUT2D eigenvalue weighted by Crippen LogP contribution is 2.37. The van der Waals surface area contributed by atoms with Gasteiger partial charge in [-0.15, -0.1) is 11.3 Å². The summed E-state index contributed by atoms with van der Waals surface area (Å²) in [5.74, 6) is -1.06. The molecule has 2 aliphatic rings. The van der Waals surface area contributed by atoms with Crippen LogP contribution in [0.3, 0.4) is 0 Å². The Balaban J connectivity index is 1.56. The average Bonchev–Trinajstić information content (AvgIpc) is 3.26. The van der Waals surface area contributed by atoms with Gasteiger partial charge in [0.05, 0.1) is 23.7 Å². The quantitative estimate of drug-likeness (QED) is 0.479. The molecule has 0 bridgehead atoms. The molecule has 200 valence electrons. The van der Waals surface area contributed by atoms with Crippen molar-refractivity contribution in [2.75, 3.05) is 51.8 Å². The van der Waals surface area contributed by atoms with Gasteiger partial charge in [-0.05, 0) is 49.2 Å². The van der Waals surface area contributed by atoms with Gasteiger partial charge in [0.15, 0.2) is 0 Å². The summed E-state index contributed by atoms with van der Waals surface area (Å²) in [7, 11) is -2.26. The van der Waals surface area contributed by atoms with Gasteiger partial charge in [0, 0.05) is 43.7 Å². The first kappa shape index (κ1) is 27.2. The first-order chi connectivity index (χ1) is 17.7. The fourth-order valence-electron chi connectivity index (χ4n) is 4.41. The van der Waals surface area contributed by atoms with Crippen LogP contribution in [0.15, 0.2) is 29.2 Å². The van der Waals surface area contributed by atoms with Crippen LogP contribution in [-0.4, -0.2) is 81.9 Å². The Kier molecular flexibility index (Phi) is 8.60. The molecule has 0 aliphatic carbocycles. The molecule has 0 unspecified atom stereocenters. The Morgan fingerprint density at radius 2 is 1.76 bits per heavy atom. The first-order valence-corrected chi connectivity index (χ1v) is 14.4. The second kappa shape index (κ2) is 11.7. The highest BCUT2D eigenvalue weighted by molar-refractivity contribution is 7.89. The normalized spacial score (nSPS) is 16.6. The number of rotatable bonds is 7. The molecular formula is C24H31N5O6S2. The third kappa shape index (κ3) is 6.02. The van der Waals surface area contributed by atoms with Gasteiger partial charge in [0.1, 0.15) is 5.00 Å². The van der Waals surface area contributed by atoms with Crippen LogP contribution >= 0.6 is 11.3 Å². The zero-order valence-electron chi connectivity index (χ0n) is 20.8. The second-order valence-electron chi connectivity index (χ2n) is 8.76. The molecule has 1 saturated heterocycles. The third-order valence-corrected chi connectivity index (χ3v) is 9.35. The topological polar surface area (TPSA) is 137 Å². The molecule has 11 nitrogen and oxygen atoms in total. The number of benzene rings is 1. The summed E-state index contributed by atoms with van der Waals surface area (Å²) in [5.41, 5.74) is 1.37. The van der Waals surface area contributed by atoms with E-state index in [0.29, 0.717) is 36.7 Å². The van der Waals surface area contributed by atoms with Crippen LogP contribution in [0.1, 0.15) is 44.5 Å². The van der Waals surface area contributed by atoms with Crippen molar-refractivity contribution in [2.45, 2.75) is 31.2 Å². The molecule has 0 saturated carbocycles. The molecule has 4 amide bonds. The average molecular weight is 550 g/mol. The van der Waals surface area contributed by atoms with Crippen LogP contribution in [0.2, 0.25) is 0 Å². The van der Waals surface area contributed by atoms with E-state index in [2.05, 4.69) is 27.8 Å². The Labute approximate surface area is 220 Å².